The average Bonchev–Trinajstić information content (AvgIpc) is 2.49. The van der Waals surface area contributed by atoms with Gasteiger partial charge < -0.3 is 10.0 Å². The van der Waals surface area contributed by atoms with Crippen LogP contribution >= 0.6 is 0 Å². The zero-order valence-corrected chi connectivity index (χ0v) is 13.3. The minimum absolute atomic E-state index is 0.0660. The first kappa shape index (κ1) is 16.3. The van der Waals surface area contributed by atoms with Crippen LogP contribution in [0.25, 0.3) is 0 Å². The molecule has 0 aromatic heterocycles. The van der Waals surface area contributed by atoms with Gasteiger partial charge in [-0.2, -0.15) is 0 Å². The maximum Gasteiger partial charge on any atom is 0.323 e. The lowest BCUT2D eigenvalue weighted by molar-refractivity contribution is -0.155. The van der Waals surface area contributed by atoms with Crippen molar-refractivity contribution in [3.05, 3.63) is 0 Å². The lowest BCUT2D eigenvalue weighted by atomic mass is 9.88. The number of likely N-dealkylation sites (N-methyl/N-ethyl adjacent to an activating group) is 1. The molecule has 1 unspecified atom stereocenters. The summed E-state index contributed by atoms with van der Waals surface area (Å²) in [5, 5.41) is 9.50. The predicted octanol–water partition coefficient (Wildman–Crippen LogP) is 2.11. The maximum atomic E-state index is 12.5. The number of aliphatic carboxylic acids is 1. The van der Waals surface area contributed by atoms with Crippen molar-refractivity contribution in [3.8, 4) is 0 Å². The molecule has 0 bridgehead atoms. The number of carboxylic acids is 1. The smallest absolute Gasteiger partial charge is 0.323 e. The fourth-order valence-electron chi connectivity index (χ4n) is 3.62. The Bertz CT molecular complexity index is 393. The highest BCUT2D eigenvalue weighted by molar-refractivity contribution is 5.82. The van der Waals surface area contributed by atoms with Gasteiger partial charge in [-0.05, 0) is 45.6 Å². The summed E-state index contributed by atoms with van der Waals surface area (Å²) < 4.78 is 0. The Morgan fingerprint density at radius 2 is 1.86 bits per heavy atom. The molecule has 1 heterocycles. The van der Waals surface area contributed by atoms with E-state index in [9.17, 15) is 14.7 Å². The van der Waals surface area contributed by atoms with Crippen molar-refractivity contribution >= 4 is 11.9 Å². The van der Waals surface area contributed by atoms with Gasteiger partial charge in [0.25, 0.3) is 0 Å². The van der Waals surface area contributed by atoms with Gasteiger partial charge in [0.2, 0.25) is 5.91 Å². The zero-order valence-electron chi connectivity index (χ0n) is 13.3. The molecule has 2 fully saturated rings. The highest BCUT2D eigenvalue weighted by atomic mass is 16.4. The lowest BCUT2D eigenvalue weighted by Crippen LogP contribution is -2.58. The first-order valence-electron chi connectivity index (χ1n) is 8.19. The molecule has 21 heavy (non-hydrogen) atoms. The summed E-state index contributed by atoms with van der Waals surface area (Å²) >= 11 is 0. The SMILES string of the molecule is CN(C(=O)CN1CCCCC1(C)C(=O)O)C1CCCCC1. The Morgan fingerprint density at radius 3 is 2.48 bits per heavy atom. The summed E-state index contributed by atoms with van der Waals surface area (Å²) in [5.74, 6) is -0.744. The Hall–Kier alpha value is -1.10. The molecule has 1 N–H and O–H groups in total. The van der Waals surface area contributed by atoms with Crippen LogP contribution < -0.4 is 0 Å². The molecular formula is C16H28N2O3. The number of amides is 1. The Balaban J connectivity index is 1.98. The maximum absolute atomic E-state index is 12.5. The molecule has 0 aromatic carbocycles. The topological polar surface area (TPSA) is 60.9 Å². The molecule has 5 heteroatoms. The molecule has 1 atom stereocenters. The van der Waals surface area contributed by atoms with Gasteiger partial charge in [-0.3, -0.25) is 14.5 Å². The van der Waals surface area contributed by atoms with Crippen LogP contribution in [0.5, 0.6) is 0 Å². The lowest BCUT2D eigenvalue weighted by Gasteiger charge is -2.42. The summed E-state index contributed by atoms with van der Waals surface area (Å²) in [4.78, 5) is 27.8. The number of likely N-dealkylation sites (tertiary alicyclic amines) is 1. The Morgan fingerprint density at radius 1 is 1.19 bits per heavy atom. The zero-order chi connectivity index (χ0) is 15.5. The molecule has 5 nitrogen and oxygen atoms in total. The van der Waals surface area contributed by atoms with Crippen LogP contribution in [0.1, 0.15) is 58.3 Å². The van der Waals surface area contributed by atoms with Gasteiger partial charge in [-0.15, -0.1) is 0 Å². The van der Waals surface area contributed by atoms with Crippen LogP contribution in [-0.2, 0) is 9.59 Å². The van der Waals surface area contributed by atoms with E-state index < -0.39 is 11.5 Å². The van der Waals surface area contributed by atoms with E-state index in [1.165, 1.54) is 19.3 Å². The normalized spacial score (nSPS) is 28.3. The van der Waals surface area contributed by atoms with Crippen LogP contribution in [0.4, 0.5) is 0 Å². The second-order valence-electron chi connectivity index (χ2n) is 6.75. The highest BCUT2D eigenvalue weighted by Gasteiger charge is 2.42. The number of piperidine rings is 1. The number of hydrogen-bond donors (Lipinski definition) is 1. The molecule has 120 valence electrons. The van der Waals surface area contributed by atoms with E-state index in [0.29, 0.717) is 19.0 Å². The van der Waals surface area contributed by atoms with Crippen LogP contribution in [-0.4, -0.2) is 58.5 Å². The summed E-state index contributed by atoms with van der Waals surface area (Å²) in [5.41, 5.74) is -0.888. The van der Waals surface area contributed by atoms with Gasteiger partial charge in [0.15, 0.2) is 0 Å². The van der Waals surface area contributed by atoms with Gasteiger partial charge in [0, 0.05) is 13.1 Å². The third-order valence-electron chi connectivity index (χ3n) is 5.34. The number of carboxylic acid groups (broad SMARTS) is 1. The molecule has 2 aliphatic rings. The van der Waals surface area contributed by atoms with Crippen molar-refractivity contribution in [2.45, 2.75) is 69.9 Å². The van der Waals surface area contributed by atoms with Crippen LogP contribution in [0, 0.1) is 0 Å². The molecule has 1 aliphatic heterocycles. The van der Waals surface area contributed by atoms with E-state index in [0.717, 1.165) is 25.7 Å². The number of hydrogen-bond acceptors (Lipinski definition) is 3. The van der Waals surface area contributed by atoms with Crippen molar-refractivity contribution < 1.29 is 14.7 Å². The second kappa shape index (κ2) is 6.77. The quantitative estimate of drug-likeness (QED) is 0.863. The van der Waals surface area contributed by atoms with Crippen molar-refractivity contribution in [1.82, 2.24) is 9.80 Å². The summed E-state index contributed by atoms with van der Waals surface area (Å²) in [7, 11) is 1.88. The van der Waals surface area contributed by atoms with E-state index in [1.807, 2.05) is 16.8 Å². The van der Waals surface area contributed by atoms with Crippen LogP contribution in [0.3, 0.4) is 0 Å². The van der Waals surface area contributed by atoms with Gasteiger partial charge in [-0.25, -0.2) is 0 Å². The summed E-state index contributed by atoms with van der Waals surface area (Å²) in [6.45, 7) is 2.69. The van der Waals surface area contributed by atoms with E-state index in [1.54, 1.807) is 6.92 Å². The molecular weight excluding hydrogens is 268 g/mol. The van der Waals surface area contributed by atoms with Gasteiger partial charge in [0.05, 0.1) is 6.54 Å². The molecule has 1 aliphatic carbocycles. The molecule has 1 amide bonds. The molecule has 1 saturated carbocycles. The molecule has 0 spiro atoms. The first-order chi connectivity index (χ1) is 9.95. The minimum Gasteiger partial charge on any atom is -0.480 e. The number of rotatable bonds is 4. The number of carbonyl (C=O) groups excluding carboxylic acids is 1. The predicted molar refractivity (Wildman–Crippen MR) is 81.1 cm³/mol. The number of nitrogens with zero attached hydrogens (tertiary/aromatic N) is 2. The minimum atomic E-state index is -0.888. The van der Waals surface area contributed by atoms with Gasteiger partial charge >= 0.3 is 5.97 Å². The van der Waals surface area contributed by atoms with Crippen molar-refractivity contribution in [2.24, 2.45) is 0 Å². The Labute approximate surface area is 127 Å². The van der Waals surface area contributed by atoms with Crippen LogP contribution in [0.2, 0.25) is 0 Å². The Kier molecular flexibility index (Phi) is 5.25. The standard InChI is InChI=1S/C16H28N2O3/c1-16(15(20)21)10-6-7-11-18(16)12-14(19)17(2)13-8-4-3-5-9-13/h13H,3-12H2,1-2H3,(H,20,21). The fraction of sp³-hybridized carbons (Fsp3) is 0.875. The summed E-state index contributed by atoms with van der Waals surface area (Å²) in [6.07, 6.45) is 8.34. The summed E-state index contributed by atoms with van der Waals surface area (Å²) in [6, 6.07) is 0.340. The van der Waals surface area contributed by atoms with Crippen molar-refractivity contribution in [1.29, 1.82) is 0 Å². The number of carbonyl (C=O) groups is 2. The van der Waals surface area contributed by atoms with E-state index >= 15 is 0 Å². The fourth-order valence-corrected chi connectivity index (χ4v) is 3.62. The van der Waals surface area contributed by atoms with Crippen molar-refractivity contribution in [3.63, 3.8) is 0 Å². The van der Waals surface area contributed by atoms with Gasteiger partial charge in [0.1, 0.15) is 5.54 Å². The monoisotopic (exact) mass is 296 g/mol. The van der Waals surface area contributed by atoms with Crippen LogP contribution in [0.15, 0.2) is 0 Å². The average molecular weight is 296 g/mol. The first-order valence-corrected chi connectivity index (χ1v) is 8.19. The van der Waals surface area contributed by atoms with E-state index in [2.05, 4.69) is 0 Å². The van der Waals surface area contributed by atoms with Crippen molar-refractivity contribution in [2.75, 3.05) is 20.1 Å². The molecule has 2 rings (SSSR count). The highest BCUT2D eigenvalue weighted by Crippen LogP contribution is 2.28. The van der Waals surface area contributed by atoms with E-state index in [-0.39, 0.29) is 12.5 Å². The third kappa shape index (κ3) is 3.57. The second-order valence-corrected chi connectivity index (χ2v) is 6.75. The molecule has 0 radical (unpaired) electrons. The van der Waals surface area contributed by atoms with Gasteiger partial charge in [-0.1, -0.05) is 19.3 Å². The van der Waals surface area contributed by atoms with E-state index in [4.69, 9.17) is 0 Å². The third-order valence-corrected chi connectivity index (χ3v) is 5.34. The molecule has 1 saturated heterocycles. The molecule has 0 aromatic rings. The largest absolute Gasteiger partial charge is 0.480 e.